The van der Waals surface area contributed by atoms with Gasteiger partial charge in [-0.1, -0.05) is 25.4 Å². The molecule has 0 atom stereocenters. The van der Waals surface area contributed by atoms with Gasteiger partial charge in [-0.15, -0.1) is 0 Å². The highest BCUT2D eigenvalue weighted by Crippen LogP contribution is 2.36. The molecule has 0 fully saturated rings. The van der Waals surface area contributed by atoms with Gasteiger partial charge < -0.3 is 5.32 Å². The van der Waals surface area contributed by atoms with E-state index in [0.29, 0.717) is 18.2 Å². The van der Waals surface area contributed by atoms with Gasteiger partial charge in [-0.2, -0.15) is 13.2 Å². The summed E-state index contributed by atoms with van der Waals surface area (Å²) in [6.07, 6.45) is -4.41. The molecule has 16 heavy (non-hydrogen) atoms. The number of anilines is 1. The molecule has 0 aromatic heterocycles. The average molecular weight is 252 g/mol. The quantitative estimate of drug-likeness (QED) is 0.838. The number of halogens is 4. The molecule has 1 rings (SSSR count). The highest BCUT2D eigenvalue weighted by atomic mass is 35.5. The minimum absolute atomic E-state index is 0.275. The molecule has 1 nitrogen and oxygen atoms in total. The minimum atomic E-state index is -4.41. The minimum Gasteiger partial charge on any atom is -0.385 e. The third-order valence-electron chi connectivity index (χ3n) is 1.99. The lowest BCUT2D eigenvalue weighted by atomic mass is 10.1. The van der Waals surface area contributed by atoms with E-state index in [9.17, 15) is 13.2 Å². The van der Waals surface area contributed by atoms with Crippen LogP contribution in [-0.2, 0) is 6.18 Å². The van der Waals surface area contributed by atoms with Gasteiger partial charge in [0.15, 0.2) is 0 Å². The van der Waals surface area contributed by atoms with Crippen molar-refractivity contribution in [3.8, 4) is 0 Å². The lowest BCUT2D eigenvalue weighted by molar-refractivity contribution is -0.137. The van der Waals surface area contributed by atoms with Crippen LogP contribution < -0.4 is 5.32 Å². The van der Waals surface area contributed by atoms with Gasteiger partial charge in [0.1, 0.15) is 0 Å². The van der Waals surface area contributed by atoms with E-state index in [1.54, 1.807) is 6.07 Å². The van der Waals surface area contributed by atoms with Crippen molar-refractivity contribution in [2.45, 2.75) is 20.0 Å². The number of alkyl halides is 3. The van der Waals surface area contributed by atoms with E-state index in [2.05, 4.69) is 5.32 Å². The Morgan fingerprint density at radius 2 is 1.94 bits per heavy atom. The predicted octanol–water partition coefficient (Wildman–Crippen LogP) is 4.43. The lowest BCUT2D eigenvalue weighted by Crippen LogP contribution is -2.10. The van der Waals surface area contributed by atoms with Crippen LogP contribution in [0, 0.1) is 5.92 Å². The van der Waals surface area contributed by atoms with Crippen LogP contribution in [0.4, 0.5) is 18.9 Å². The van der Waals surface area contributed by atoms with Crippen molar-refractivity contribution in [2.75, 3.05) is 11.9 Å². The molecular weight excluding hydrogens is 239 g/mol. The maximum Gasteiger partial charge on any atom is 0.417 e. The molecular formula is C11H13ClF3N. The third-order valence-corrected chi connectivity index (χ3v) is 2.32. The van der Waals surface area contributed by atoms with E-state index in [0.717, 1.165) is 6.07 Å². The summed E-state index contributed by atoms with van der Waals surface area (Å²) in [6, 6.07) is 3.83. The molecule has 0 aliphatic rings. The summed E-state index contributed by atoms with van der Waals surface area (Å²) >= 11 is 5.50. The largest absolute Gasteiger partial charge is 0.417 e. The van der Waals surface area contributed by atoms with E-state index in [-0.39, 0.29) is 5.02 Å². The zero-order chi connectivity index (χ0) is 12.3. The van der Waals surface area contributed by atoms with Crippen molar-refractivity contribution >= 4 is 17.3 Å². The van der Waals surface area contributed by atoms with Crippen LogP contribution in [0.5, 0.6) is 0 Å². The van der Waals surface area contributed by atoms with Crippen LogP contribution in [0.3, 0.4) is 0 Å². The van der Waals surface area contributed by atoms with Crippen molar-refractivity contribution < 1.29 is 13.2 Å². The average Bonchev–Trinajstić information content (AvgIpc) is 2.14. The normalized spacial score (nSPS) is 11.9. The first-order chi connectivity index (χ1) is 7.30. The van der Waals surface area contributed by atoms with E-state index in [1.807, 2.05) is 13.8 Å². The second kappa shape index (κ2) is 4.95. The number of benzene rings is 1. The summed E-state index contributed by atoms with van der Waals surface area (Å²) in [7, 11) is 0. The van der Waals surface area contributed by atoms with Crippen LogP contribution in [0.25, 0.3) is 0 Å². The molecule has 0 aliphatic carbocycles. The van der Waals surface area contributed by atoms with Crippen LogP contribution in [0.1, 0.15) is 19.4 Å². The zero-order valence-corrected chi connectivity index (χ0v) is 9.78. The lowest BCUT2D eigenvalue weighted by Gasteiger charge is -2.13. The molecule has 5 heteroatoms. The van der Waals surface area contributed by atoms with E-state index < -0.39 is 11.7 Å². The number of hydrogen-bond donors (Lipinski definition) is 1. The van der Waals surface area contributed by atoms with Crippen LogP contribution in [0.2, 0.25) is 5.02 Å². The number of nitrogens with one attached hydrogen (secondary N) is 1. The Kier molecular flexibility index (Phi) is 4.08. The molecule has 0 amide bonds. The fraction of sp³-hybridized carbons (Fsp3) is 0.455. The summed E-state index contributed by atoms with van der Waals surface area (Å²) in [4.78, 5) is 0. The molecule has 0 saturated carbocycles. The first kappa shape index (κ1) is 13.2. The van der Waals surface area contributed by atoms with Crippen molar-refractivity contribution in [2.24, 2.45) is 5.92 Å². The number of rotatable bonds is 3. The molecule has 1 N–H and O–H groups in total. The molecule has 0 unspecified atom stereocenters. The van der Waals surface area contributed by atoms with Crippen LogP contribution in [-0.4, -0.2) is 6.54 Å². The van der Waals surface area contributed by atoms with Crippen molar-refractivity contribution in [1.82, 2.24) is 0 Å². The van der Waals surface area contributed by atoms with Gasteiger partial charge >= 0.3 is 6.18 Å². The summed E-state index contributed by atoms with van der Waals surface area (Å²) in [6.45, 7) is 4.58. The topological polar surface area (TPSA) is 12.0 Å². The maximum absolute atomic E-state index is 12.5. The standard InChI is InChI=1S/C11H13ClF3N/c1-7(2)6-16-8-3-4-10(12)9(5-8)11(13,14)15/h3-5,7,16H,6H2,1-2H3. The van der Waals surface area contributed by atoms with Gasteiger partial charge in [0.2, 0.25) is 0 Å². The molecule has 0 spiro atoms. The fourth-order valence-electron chi connectivity index (χ4n) is 1.17. The predicted molar refractivity (Wildman–Crippen MR) is 59.8 cm³/mol. The Hall–Kier alpha value is -0.900. The molecule has 90 valence electrons. The summed E-state index contributed by atoms with van der Waals surface area (Å²) < 4.78 is 37.5. The molecule has 0 radical (unpaired) electrons. The molecule has 0 heterocycles. The van der Waals surface area contributed by atoms with E-state index in [1.165, 1.54) is 6.07 Å². The van der Waals surface area contributed by atoms with Crippen LogP contribution >= 0.6 is 11.6 Å². The summed E-state index contributed by atoms with van der Waals surface area (Å²) in [5.74, 6) is 0.366. The van der Waals surface area contributed by atoms with Crippen molar-refractivity contribution in [1.29, 1.82) is 0 Å². The first-order valence-electron chi connectivity index (χ1n) is 4.91. The van der Waals surface area contributed by atoms with Crippen LogP contribution in [0.15, 0.2) is 18.2 Å². The Bertz CT molecular complexity index is 361. The van der Waals surface area contributed by atoms with E-state index in [4.69, 9.17) is 11.6 Å². The molecule has 0 aliphatic heterocycles. The highest BCUT2D eigenvalue weighted by Gasteiger charge is 2.33. The Morgan fingerprint density at radius 1 is 1.31 bits per heavy atom. The molecule has 0 bridgehead atoms. The maximum atomic E-state index is 12.5. The SMILES string of the molecule is CC(C)CNc1ccc(Cl)c(C(F)(F)F)c1. The van der Waals surface area contributed by atoms with Crippen molar-refractivity contribution in [3.63, 3.8) is 0 Å². The number of hydrogen-bond acceptors (Lipinski definition) is 1. The van der Waals surface area contributed by atoms with Crippen molar-refractivity contribution in [3.05, 3.63) is 28.8 Å². The summed E-state index contributed by atoms with van der Waals surface area (Å²) in [5, 5.41) is 2.65. The van der Waals surface area contributed by atoms with Gasteiger partial charge in [0.05, 0.1) is 10.6 Å². The van der Waals surface area contributed by atoms with Gasteiger partial charge in [0, 0.05) is 12.2 Å². The first-order valence-corrected chi connectivity index (χ1v) is 5.29. The Morgan fingerprint density at radius 3 is 2.44 bits per heavy atom. The molecule has 0 saturated heterocycles. The summed E-state index contributed by atoms with van der Waals surface area (Å²) in [5.41, 5.74) is -0.367. The van der Waals surface area contributed by atoms with Gasteiger partial charge in [0.25, 0.3) is 0 Å². The van der Waals surface area contributed by atoms with Gasteiger partial charge in [-0.25, -0.2) is 0 Å². The smallest absolute Gasteiger partial charge is 0.385 e. The van der Waals surface area contributed by atoms with Gasteiger partial charge in [-0.3, -0.25) is 0 Å². The Labute approximate surface area is 97.6 Å². The van der Waals surface area contributed by atoms with E-state index >= 15 is 0 Å². The second-order valence-corrected chi connectivity index (χ2v) is 4.37. The highest BCUT2D eigenvalue weighted by molar-refractivity contribution is 6.31. The third kappa shape index (κ3) is 3.59. The monoisotopic (exact) mass is 251 g/mol. The zero-order valence-electron chi connectivity index (χ0n) is 9.03. The van der Waals surface area contributed by atoms with Gasteiger partial charge in [-0.05, 0) is 24.1 Å². The fourth-order valence-corrected chi connectivity index (χ4v) is 1.40. The molecule has 1 aromatic rings. The second-order valence-electron chi connectivity index (χ2n) is 3.97. The molecule has 1 aromatic carbocycles. The Balaban J connectivity index is 2.90.